The molecule has 0 saturated carbocycles. The summed E-state index contributed by atoms with van der Waals surface area (Å²) in [6.45, 7) is 3.38. The highest BCUT2D eigenvalue weighted by atomic mass is 16.1. The Kier molecular flexibility index (Phi) is 4.81. The summed E-state index contributed by atoms with van der Waals surface area (Å²) in [6, 6.07) is 0.0949. The quantitative estimate of drug-likeness (QED) is 0.548. The zero-order chi connectivity index (χ0) is 8.85. The van der Waals surface area contributed by atoms with Gasteiger partial charge in [-0.2, -0.15) is 0 Å². The van der Waals surface area contributed by atoms with Gasteiger partial charge in [-0.1, -0.05) is 6.92 Å². The van der Waals surface area contributed by atoms with Crippen molar-refractivity contribution in [2.75, 3.05) is 20.1 Å². The van der Waals surface area contributed by atoms with Crippen molar-refractivity contribution < 1.29 is 4.79 Å². The summed E-state index contributed by atoms with van der Waals surface area (Å²) in [7, 11) is 1.93. The molecular weight excluding hydrogens is 142 g/mol. The SMILES string of the molecule is CCN(C)C(CN)CC(N)=O. The van der Waals surface area contributed by atoms with Crippen LogP contribution in [-0.2, 0) is 4.79 Å². The van der Waals surface area contributed by atoms with Crippen LogP contribution in [0.15, 0.2) is 0 Å². The van der Waals surface area contributed by atoms with Crippen molar-refractivity contribution in [1.82, 2.24) is 4.90 Å². The number of likely N-dealkylation sites (N-methyl/N-ethyl adjacent to an activating group) is 1. The molecule has 0 bridgehead atoms. The molecule has 11 heavy (non-hydrogen) atoms. The van der Waals surface area contributed by atoms with E-state index in [1.54, 1.807) is 0 Å². The number of hydrogen-bond donors (Lipinski definition) is 2. The van der Waals surface area contributed by atoms with Gasteiger partial charge in [-0.15, -0.1) is 0 Å². The highest BCUT2D eigenvalue weighted by molar-refractivity contribution is 5.74. The van der Waals surface area contributed by atoms with E-state index in [0.717, 1.165) is 6.54 Å². The Morgan fingerprint density at radius 2 is 2.18 bits per heavy atom. The van der Waals surface area contributed by atoms with Gasteiger partial charge in [0.2, 0.25) is 5.91 Å². The standard InChI is InChI=1S/C7H17N3O/c1-3-10(2)6(5-8)4-7(9)11/h6H,3-5,8H2,1-2H3,(H2,9,11). The molecule has 4 nitrogen and oxygen atoms in total. The molecule has 0 fully saturated rings. The largest absolute Gasteiger partial charge is 0.370 e. The molecule has 0 aliphatic carbocycles. The van der Waals surface area contributed by atoms with E-state index >= 15 is 0 Å². The third-order valence-corrected chi connectivity index (χ3v) is 1.83. The molecule has 4 heteroatoms. The lowest BCUT2D eigenvalue weighted by atomic mass is 10.2. The van der Waals surface area contributed by atoms with Crippen molar-refractivity contribution in [3.05, 3.63) is 0 Å². The van der Waals surface area contributed by atoms with Crippen LogP contribution in [-0.4, -0.2) is 37.0 Å². The van der Waals surface area contributed by atoms with Crippen LogP contribution in [0.25, 0.3) is 0 Å². The number of nitrogens with zero attached hydrogens (tertiary/aromatic N) is 1. The summed E-state index contributed by atoms with van der Waals surface area (Å²) in [4.78, 5) is 12.5. The average Bonchev–Trinajstić information content (AvgIpc) is 1.98. The van der Waals surface area contributed by atoms with Gasteiger partial charge in [0.1, 0.15) is 0 Å². The summed E-state index contributed by atoms with van der Waals surface area (Å²) in [6.07, 6.45) is 0.348. The first-order valence-electron chi connectivity index (χ1n) is 3.80. The highest BCUT2D eigenvalue weighted by Crippen LogP contribution is 1.98. The molecule has 0 aliphatic rings. The van der Waals surface area contributed by atoms with Gasteiger partial charge in [0.15, 0.2) is 0 Å². The van der Waals surface area contributed by atoms with Crippen molar-refractivity contribution in [3.63, 3.8) is 0 Å². The Hall–Kier alpha value is -0.610. The fraction of sp³-hybridized carbons (Fsp3) is 0.857. The van der Waals surface area contributed by atoms with Crippen LogP contribution in [0.5, 0.6) is 0 Å². The maximum absolute atomic E-state index is 10.5. The molecule has 1 amide bonds. The number of carbonyl (C=O) groups excluding carboxylic acids is 1. The molecule has 4 N–H and O–H groups in total. The number of carbonyl (C=O) groups is 1. The van der Waals surface area contributed by atoms with E-state index in [4.69, 9.17) is 11.5 Å². The summed E-state index contributed by atoms with van der Waals surface area (Å²) in [5.74, 6) is -0.291. The molecule has 0 aromatic rings. The average molecular weight is 159 g/mol. The minimum Gasteiger partial charge on any atom is -0.370 e. The number of nitrogens with two attached hydrogens (primary N) is 2. The smallest absolute Gasteiger partial charge is 0.219 e. The Balaban J connectivity index is 3.84. The molecule has 0 rings (SSSR count). The summed E-state index contributed by atoms with van der Waals surface area (Å²) in [5, 5.41) is 0. The van der Waals surface area contributed by atoms with Crippen LogP contribution in [0.1, 0.15) is 13.3 Å². The Morgan fingerprint density at radius 3 is 2.45 bits per heavy atom. The fourth-order valence-electron chi connectivity index (χ4n) is 0.910. The molecule has 0 saturated heterocycles. The summed E-state index contributed by atoms with van der Waals surface area (Å²) >= 11 is 0. The maximum Gasteiger partial charge on any atom is 0.219 e. The molecule has 66 valence electrons. The van der Waals surface area contributed by atoms with Crippen LogP contribution in [0.3, 0.4) is 0 Å². The van der Waals surface area contributed by atoms with E-state index in [9.17, 15) is 4.79 Å². The minimum absolute atomic E-state index is 0.0949. The Bertz CT molecular complexity index is 127. The molecule has 0 aliphatic heterocycles. The highest BCUT2D eigenvalue weighted by Gasteiger charge is 2.13. The second kappa shape index (κ2) is 5.09. The van der Waals surface area contributed by atoms with Gasteiger partial charge in [-0.05, 0) is 13.6 Å². The predicted molar refractivity (Wildman–Crippen MR) is 45.0 cm³/mol. The topological polar surface area (TPSA) is 72.3 Å². The predicted octanol–water partition coefficient (Wildman–Crippen LogP) is -0.859. The molecule has 0 aromatic heterocycles. The molecule has 0 aromatic carbocycles. The van der Waals surface area contributed by atoms with Gasteiger partial charge in [0.25, 0.3) is 0 Å². The van der Waals surface area contributed by atoms with E-state index in [1.165, 1.54) is 0 Å². The first kappa shape index (κ1) is 10.4. The first-order valence-corrected chi connectivity index (χ1v) is 3.80. The van der Waals surface area contributed by atoms with Crippen molar-refractivity contribution >= 4 is 5.91 Å². The van der Waals surface area contributed by atoms with Crippen molar-refractivity contribution in [2.24, 2.45) is 11.5 Å². The van der Waals surface area contributed by atoms with Gasteiger partial charge >= 0.3 is 0 Å². The van der Waals surface area contributed by atoms with Gasteiger partial charge in [-0.25, -0.2) is 0 Å². The molecule has 0 radical (unpaired) electrons. The lowest BCUT2D eigenvalue weighted by Crippen LogP contribution is -2.40. The second-order valence-corrected chi connectivity index (χ2v) is 2.63. The van der Waals surface area contributed by atoms with Crippen molar-refractivity contribution in [3.8, 4) is 0 Å². The van der Waals surface area contributed by atoms with Crippen LogP contribution in [0.2, 0.25) is 0 Å². The molecule has 0 spiro atoms. The van der Waals surface area contributed by atoms with Gasteiger partial charge < -0.3 is 16.4 Å². The third kappa shape index (κ3) is 3.95. The van der Waals surface area contributed by atoms with Gasteiger partial charge in [0, 0.05) is 19.0 Å². The summed E-state index contributed by atoms with van der Waals surface area (Å²) in [5.41, 5.74) is 10.5. The monoisotopic (exact) mass is 159 g/mol. The summed E-state index contributed by atoms with van der Waals surface area (Å²) < 4.78 is 0. The van der Waals surface area contributed by atoms with Gasteiger partial charge in [-0.3, -0.25) is 4.79 Å². The van der Waals surface area contributed by atoms with Crippen LogP contribution >= 0.6 is 0 Å². The number of hydrogen-bond acceptors (Lipinski definition) is 3. The number of amides is 1. The number of rotatable bonds is 5. The Labute approximate surface area is 67.5 Å². The zero-order valence-electron chi connectivity index (χ0n) is 7.21. The van der Waals surface area contributed by atoms with Crippen molar-refractivity contribution in [1.29, 1.82) is 0 Å². The van der Waals surface area contributed by atoms with E-state index in [-0.39, 0.29) is 11.9 Å². The lowest BCUT2D eigenvalue weighted by molar-refractivity contribution is -0.119. The van der Waals surface area contributed by atoms with Crippen LogP contribution < -0.4 is 11.5 Å². The lowest BCUT2D eigenvalue weighted by Gasteiger charge is -2.23. The van der Waals surface area contributed by atoms with E-state index < -0.39 is 0 Å². The van der Waals surface area contributed by atoms with E-state index in [0.29, 0.717) is 13.0 Å². The molecular formula is C7H17N3O. The number of primary amides is 1. The second-order valence-electron chi connectivity index (χ2n) is 2.63. The molecule has 0 heterocycles. The first-order chi connectivity index (χ1) is 5.11. The van der Waals surface area contributed by atoms with Crippen LogP contribution in [0, 0.1) is 0 Å². The van der Waals surface area contributed by atoms with Crippen LogP contribution in [0.4, 0.5) is 0 Å². The van der Waals surface area contributed by atoms with Gasteiger partial charge in [0.05, 0.1) is 0 Å². The third-order valence-electron chi connectivity index (χ3n) is 1.83. The minimum atomic E-state index is -0.291. The fourth-order valence-corrected chi connectivity index (χ4v) is 0.910. The normalized spacial score (nSPS) is 13.5. The maximum atomic E-state index is 10.5. The Morgan fingerprint density at radius 1 is 1.64 bits per heavy atom. The zero-order valence-corrected chi connectivity index (χ0v) is 7.21. The molecule has 1 atom stereocenters. The van der Waals surface area contributed by atoms with Crippen molar-refractivity contribution in [2.45, 2.75) is 19.4 Å². The van der Waals surface area contributed by atoms with E-state index in [1.807, 2.05) is 18.9 Å². The molecule has 1 unspecified atom stereocenters. The van der Waals surface area contributed by atoms with E-state index in [2.05, 4.69) is 0 Å².